The maximum atomic E-state index is 11.8. The van der Waals surface area contributed by atoms with Crippen molar-refractivity contribution < 1.29 is 14.6 Å². The van der Waals surface area contributed by atoms with E-state index < -0.39 is 0 Å². The second-order valence-electron chi connectivity index (χ2n) is 5.48. The highest BCUT2D eigenvalue weighted by molar-refractivity contribution is 5.96. The minimum Gasteiger partial charge on any atom is -0.493 e. The number of Topliss-reactive ketones (excluding diaryl/α,β-unsaturated/α-hetero) is 1. The van der Waals surface area contributed by atoms with Crippen molar-refractivity contribution in [2.45, 2.75) is 38.2 Å². The van der Waals surface area contributed by atoms with Gasteiger partial charge < -0.3 is 15.6 Å². The zero-order valence-corrected chi connectivity index (χ0v) is 11.8. The summed E-state index contributed by atoms with van der Waals surface area (Å²) in [6.45, 7) is 1.02. The quantitative estimate of drug-likeness (QED) is 0.781. The molecule has 0 aromatic heterocycles. The van der Waals surface area contributed by atoms with Crippen LogP contribution in [-0.2, 0) is 0 Å². The molecule has 1 aromatic rings. The van der Waals surface area contributed by atoms with Crippen LogP contribution >= 0.6 is 0 Å². The molecule has 0 atom stereocenters. The topological polar surface area (TPSA) is 72.6 Å². The maximum absolute atomic E-state index is 11.8. The summed E-state index contributed by atoms with van der Waals surface area (Å²) in [5.41, 5.74) is 6.06. The smallest absolute Gasteiger partial charge is 0.164 e. The highest BCUT2D eigenvalue weighted by Gasteiger charge is 2.19. The molecule has 0 unspecified atom stereocenters. The van der Waals surface area contributed by atoms with Gasteiger partial charge in [-0.3, -0.25) is 4.79 Å². The second kappa shape index (κ2) is 7.41. The van der Waals surface area contributed by atoms with Crippen LogP contribution in [0.4, 0.5) is 0 Å². The Labute approximate surface area is 119 Å². The Kier molecular flexibility index (Phi) is 5.56. The Hall–Kier alpha value is -1.39. The third kappa shape index (κ3) is 4.32. The highest BCUT2D eigenvalue weighted by atomic mass is 16.5. The van der Waals surface area contributed by atoms with Crippen LogP contribution in [0.3, 0.4) is 0 Å². The number of aliphatic hydroxyl groups is 1. The summed E-state index contributed by atoms with van der Waals surface area (Å²) in [5.74, 6) is 1.29. The van der Waals surface area contributed by atoms with Crippen LogP contribution in [-0.4, -0.2) is 30.1 Å². The van der Waals surface area contributed by atoms with Gasteiger partial charge in [0.1, 0.15) is 5.75 Å². The van der Waals surface area contributed by atoms with E-state index in [2.05, 4.69) is 0 Å². The van der Waals surface area contributed by atoms with Crippen molar-refractivity contribution >= 4 is 5.78 Å². The van der Waals surface area contributed by atoms with Crippen molar-refractivity contribution in [3.63, 3.8) is 0 Å². The van der Waals surface area contributed by atoms with E-state index in [4.69, 9.17) is 10.5 Å². The molecule has 1 aliphatic carbocycles. The first-order valence-electron chi connectivity index (χ1n) is 7.33. The van der Waals surface area contributed by atoms with Gasteiger partial charge in [-0.15, -0.1) is 0 Å². The molecule has 2 rings (SSSR count). The fourth-order valence-corrected chi connectivity index (χ4v) is 2.56. The van der Waals surface area contributed by atoms with Crippen LogP contribution < -0.4 is 10.5 Å². The molecule has 0 aliphatic heterocycles. The van der Waals surface area contributed by atoms with Gasteiger partial charge in [0.15, 0.2) is 5.78 Å². The molecule has 0 saturated heterocycles. The third-order valence-electron chi connectivity index (χ3n) is 3.83. The van der Waals surface area contributed by atoms with Crippen molar-refractivity contribution in [1.29, 1.82) is 0 Å². The molecule has 4 nitrogen and oxygen atoms in total. The first-order valence-corrected chi connectivity index (χ1v) is 7.33. The van der Waals surface area contributed by atoms with Gasteiger partial charge in [0.2, 0.25) is 0 Å². The number of rotatable bonds is 6. The van der Waals surface area contributed by atoms with Gasteiger partial charge in [0.05, 0.1) is 12.7 Å². The normalized spacial score (nSPS) is 22.5. The van der Waals surface area contributed by atoms with Gasteiger partial charge in [-0.2, -0.15) is 0 Å². The van der Waals surface area contributed by atoms with Crippen LogP contribution in [0.25, 0.3) is 0 Å². The summed E-state index contributed by atoms with van der Waals surface area (Å²) < 4.78 is 5.78. The lowest BCUT2D eigenvalue weighted by Gasteiger charge is -2.25. The standard InChI is InChI=1S/C16H23NO3/c17-9-8-16(19)13-2-1-3-15(10-13)20-11-12-4-6-14(18)7-5-12/h1-3,10,12,14,18H,4-9,11,17H2. The average Bonchev–Trinajstić information content (AvgIpc) is 2.47. The van der Waals surface area contributed by atoms with Crippen LogP contribution in [0.2, 0.25) is 0 Å². The number of nitrogens with two attached hydrogens (primary N) is 1. The molecule has 0 spiro atoms. The predicted octanol–water partition coefficient (Wildman–Crippen LogP) is 2.15. The fraction of sp³-hybridized carbons (Fsp3) is 0.562. The lowest BCUT2D eigenvalue weighted by atomic mass is 9.88. The lowest BCUT2D eigenvalue weighted by molar-refractivity contribution is 0.0914. The minimum atomic E-state index is -0.136. The number of carbonyl (C=O) groups excluding carboxylic acids is 1. The molecule has 1 aliphatic rings. The predicted molar refractivity (Wildman–Crippen MR) is 77.9 cm³/mol. The first kappa shape index (κ1) is 15.0. The second-order valence-corrected chi connectivity index (χ2v) is 5.48. The Morgan fingerprint density at radius 1 is 1.30 bits per heavy atom. The summed E-state index contributed by atoms with van der Waals surface area (Å²) in [7, 11) is 0. The lowest BCUT2D eigenvalue weighted by Crippen LogP contribution is -2.22. The van der Waals surface area contributed by atoms with Gasteiger partial charge >= 0.3 is 0 Å². The van der Waals surface area contributed by atoms with Crippen molar-refractivity contribution in [3.8, 4) is 5.75 Å². The SMILES string of the molecule is NCCC(=O)c1cccc(OCC2CCC(O)CC2)c1. The minimum absolute atomic E-state index is 0.0544. The third-order valence-corrected chi connectivity index (χ3v) is 3.83. The number of aliphatic hydroxyl groups excluding tert-OH is 1. The molecular weight excluding hydrogens is 254 g/mol. The maximum Gasteiger partial charge on any atom is 0.164 e. The van der Waals surface area contributed by atoms with E-state index in [0.29, 0.717) is 31.1 Å². The Bertz CT molecular complexity index is 439. The van der Waals surface area contributed by atoms with Crippen molar-refractivity contribution in [2.24, 2.45) is 11.7 Å². The zero-order valence-electron chi connectivity index (χ0n) is 11.8. The molecule has 20 heavy (non-hydrogen) atoms. The number of ketones is 1. The van der Waals surface area contributed by atoms with Gasteiger partial charge in [-0.05, 0) is 50.3 Å². The van der Waals surface area contributed by atoms with E-state index in [1.165, 1.54) is 0 Å². The Balaban J connectivity index is 1.86. The molecule has 0 bridgehead atoms. The van der Waals surface area contributed by atoms with Crippen molar-refractivity contribution in [1.82, 2.24) is 0 Å². The molecule has 0 radical (unpaired) electrons. The number of hydrogen-bond donors (Lipinski definition) is 2. The summed E-state index contributed by atoms with van der Waals surface area (Å²) in [5, 5.41) is 9.47. The van der Waals surface area contributed by atoms with E-state index in [0.717, 1.165) is 31.4 Å². The van der Waals surface area contributed by atoms with Crippen LogP contribution in [0, 0.1) is 5.92 Å². The van der Waals surface area contributed by atoms with Gasteiger partial charge in [-0.1, -0.05) is 12.1 Å². The number of benzene rings is 1. The molecule has 1 fully saturated rings. The van der Waals surface area contributed by atoms with Gasteiger partial charge in [0, 0.05) is 12.0 Å². The summed E-state index contributed by atoms with van der Waals surface area (Å²) in [6.07, 6.45) is 3.97. The monoisotopic (exact) mass is 277 g/mol. The fourth-order valence-electron chi connectivity index (χ4n) is 2.56. The highest BCUT2D eigenvalue weighted by Crippen LogP contribution is 2.25. The molecule has 0 heterocycles. The Morgan fingerprint density at radius 3 is 2.75 bits per heavy atom. The number of carbonyl (C=O) groups is 1. The van der Waals surface area contributed by atoms with Gasteiger partial charge in [0.25, 0.3) is 0 Å². The van der Waals surface area contributed by atoms with E-state index in [1.807, 2.05) is 12.1 Å². The summed E-state index contributed by atoms with van der Waals surface area (Å²) >= 11 is 0. The van der Waals surface area contributed by atoms with Gasteiger partial charge in [-0.25, -0.2) is 0 Å². The summed E-state index contributed by atoms with van der Waals surface area (Å²) in [6, 6.07) is 7.29. The summed E-state index contributed by atoms with van der Waals surface area (Å²) in [4.78, 5) is 11.8. The molecule has 3 N–H and O–H groups in total. The molecule has 1 aromatic carbocycles. The van der Waals surface area contributed by atoms with Crippen LogP contribution in [0.15, 0.2) is 24.3 Å². The number of hydrogen-bond acceptors (Lipinski definition) is 4. The Morgan fingerprint density at radius 2 is 2.05 bits per heavy atom. The van der Waals surface area contributed by atoms with E-state index in [1.54, 1.807) is 12.1 Å². The molecule has 4 heteroatoms. The van der Waals surface area contributed by atoms with E-state index in [-0.39, 0.29) is 11.9 Å². The largest absolute Gasteiger partial charge is 0.493 e. The number of ether oxygens (including phenoxy) is 1. The molecule has 110 valence electrons. The van der Waals surface area contributed by atoms with Crippen molar-refractivity contribution in [2.75, 3.05) is 13.2 Å². The average molecular weight is 277 g/mol. The first-order chi connectivity index (χ1) is 9.69. The molecular formula is C16H23NO3. The van der Waals surface area contributed by atoms with Crippen molar-refractivity contribution in [3.05, 3.63) is 29.8 Å². The molecule has 1 saturated carbocycles. The van der Waals surface area contributed by atoms with Crippen LogP contribution in [0.1, 0.15) is 42.5 Å². The van der Waals surface area contributed by atoms with E-state index >= 15 is 0 Å². The zero-order chi connectivity index (χ0) is 14.4. The van der Waals surface area contributed by atoms with Crippen LogP contribution in [0.5, 0.6) is 5.75 Å². The molecule has 0 amide bonds. The van der Waals surface area contributed by atoms with E-state index in [9.17, 15) is 9.90 Å².